The molecule has 1 aliphatic heterocycles. The van der Waals surface area contributed by atoms with E-state index in [0.717, 1.165) is 44.0 Å². The van der Waals surface area contributed by atoms with Gasteiger partial charge in [0.15, 0.2) is 5.96 Å². The van der Waals surface area contributed by atoms with Crippen LogP contribution in [0.25, 0.3) is 0 Å². The fourth-order valence-corrected chi connectivity index (χ4v) is 3.59. The van der Waals surface area contributed by atoms with Crippen LogP contribution in [0.15, 0.2) is 47.5 Å². The zero-order valence-electron chi connectivity index (χ0n) is 19.7. The van der Waals surface area contributed by atoms with Crippen molar-refractivity contribution in [3.63, 3.8) is 0 Å². The molecule has 0 spiro atoms. The van der Waals surface area contributed by atoms with Crippen LogP contribution in [-0.4, -0.2) is 61.8 Å². The number of nitrogens with zero attached hydrogens (tertiary/aromatic N) is 2. The van der Waals surface area contributed by atoms with Crippen molar-refractivity contribution in [3.05, 3.63) is 48.0 Å². The minimum absolute atomic E-state index is 0.244. The molecule has 0 aromatic heterocycles. The third kappa shape index (κ3) is 9.42. The van der Waals surface area contributed by atoms with Crippen molar-refractivity contribution in [1.29, 1.82) is 0 Å². The highest BCUT2D eigenvalue weighted by molar-refractivity contribution is 5.80. The van der Waals surface area contributed by atoms with E-state index in [9.17, 15) is 4.79 Å². The molecule has 1 aromatic rings. The second kappa shape index (κ2) is 11.7. The number of guanidine groups is 1. The van der Waals surface area contributed by atoms with E-state index in [-0.39, 0.29) is 6.04 Å². The molecule has 1 amide bonds. The van der Waals surface area contributed by atoms with Crippen LogP contribution in [0.2, 0.25) is 0 Å². The molecule has 1 atom stereocenters. The molecule has 0 aliphatic carbocycles. The van der Waals surface area contributed by atoms with Crippen LogP contribution < -0.4 is 16.0 Å². The number of hydrogen-bond acceptors (Lipinski definition) is 4. The monoisotopic (exact) mass is 429 g/mol. The lowest BCUT2D eigenvalue weighted by molar-refractivity contribution is 0.0504. The maximum atomic E-state index is 12.4. The largest absolute Gasteiger partial charge is 0.444 e. The summed E-state index contributed by atoms with van der Waals surface area (Å²) in [4.78, 5) is 19.2. The summed E-state index contributed by atoms with van der Waals surface area (Å²) in [5.74, 6) is 0.741. The van der Waals surface area contributed by atoms with Crippen LogP contribution in [0.1, 0.15) is 52.1 Å². The SMILES string of the molecule is C=C(C)CN1CCC(NC(=NC)NCC(NC(=O)OC(C)(C)C)c2ccccc2)CC1. The Bertz CT molecular complexity index is 734. The number of nitrogens with one attached hydrogen (secondary N) is 3. The van der Waals surface area contributed by atoms with Crippen molar-refractivity contribution in [3.8, 4) is 0 Å². The standard InChI is InChI=1S/C24H39N5O2/c1-18(2)17-29-14-12-20(13-15-29)27-22(25-6)26-16-21(19-10-8-7-9-11-19)28-23(30)31-24(3,4)5/h7-11,20-21H,1,12-17H2,2-6H3,(H,28,30)(H2,25,26,27). The summed E-state index contributed by atoms with van der Waals surface area (Å²) in [7, 11) is 1.77. The van der Waals surface area contributed by atoms with Gasteiger partial charge in [0.2, 0.25) is 0 Å². The van der Waals surface area contributed by atoms with Crippen molar-refractivity contribution in [2.45, 2.75) is 58.2 Å². The Morgan fingerprint density at radius 2 is 1.90 bits per heavy atom. The minimum Gasteiger partial charge on any atom is -0.444 e. The summed E-state index contributed by atoms with van der Waals surface area (Å²) in [6.07, 6.45) is 1.69. The van der Waals surface area contributed by atoms with Gasteiger partial charge in [-0.25, -0.2) is 4.79 Å². The van der Waals surface area contributed by atoms with E-state index in [0.29, 0.717) is 12.6 Å². The van der Waals surface area contributed by atoms with E-state index in [1.807, 2.05) is 51.1 Å². The van der Waals surface area contributed by atoms with E-state index in [1.54, 1.807) is 7.05 Å². The first-order valence-electron chi connectivity index (χ1n) is 11.0. The predicted octanol–water partition coefficient (Wildman–Crippen LogP) is 3.46. The number of hydrogen-bond donors (Lipinski definition) is 3. The Hall–Kier alpha value is -2.54. The van der Waals surface area contributed by atoms with Gasteiger partial charge in [-0.15, -0.1) is 0 Å². The first kappa shape index (κ1) is 24.7. The highest BCUT2D eigenvalue weighted by atomic mass is 16.6. The molecule has 0 saturated carbocycles. The normalized spacial score (nSPS) is 17.0. The number of carbonyl (C=O) groups is 1. The van der Waals surface area contributed by atoms with Crippen molar-refractivity contribution >= 4 is 12.1 Å². The van der Waals surface area contributed by atoms with Crippen LogP contribution in [0.4, 0.5) is 4.79 Å². The Morgan fingerprint density at radius 1 is 1.26 bits per heavy atom. The number of carbonyl (C=O) groups excluding carboxylic acids is 1. The Morgan fingerprint density at radius 3 is 2.45 bits per heavy atom. The number of rotatable bonds is 7. The molecule has 172 valence electrons. The van der Waals surface area contributed by atoms with Crippen LogP contribution in [0.3, 0.4) is 0 Å². The van der Waals surface area contributed by atoms with Crippen LogP contribution in [0, 0.1) is 0 Å². The van der Waals surface area contributed by atoms with Crippen molar-refractivity contribution in [2.24, 2.45) is 4.99 Å². The highest BCUT2D eigenvalue weighted by Crippen LogP contribution is 2.15. The van der Waals surface area contributed by atoms with Gasteiger partial charge in [-0.1, -0.05) is 42.5 Å². The average molecular weight is 430 g/mol. The summed E-state index contributed by atoms with van der Waals surface area (Å²) in [6.45, 7) is 15.2. The van der Waals surface area contributed by atoms with Gasteiger partial charge in [0.05, 0.1) is 6.04 Å². The second-order valence-electron chi connectivity index (χ2n) is 9.21. The van der Waals surface area contributed by atoms with Gasteiger partial charge in [-0.3, -0.25) is 9.89 Å². The van der Waals surface area contributed by atoms with Gasteiger partial charge in [0, 0.05) is 39.3 Å². The van der Waals surface area contributed by atoms with Gasteiger partial charge in [0.1, 0.15) is 5.60 Å². The molecule has 2 rings (SSSR count). The average Bonchev–Trinajstić information content (AvgIpc) is 2.70. The molecule has 3 N–H and O–H groups in total. The fraction of sp³-hybridized carbons (Fsp3) is 0.583. The fourth-order valence-electron chi connectivity index (χ4n) is 3.59. The number of benzene rings is 1. The highest BCUT2D eigenvalue weighted by Gasteiger charge is 2.22. The number of alkyl carbamates (subject to hydrolysis) is 1. The predicted molar refractivity (Wildman–Crippen MR) is 127 cm³/mol. The molecule has 1 unspecified atom stereocenters. The van der Waals surface area contributed by atoms with Gasteiger partial charge < -0.3 is 20.7 Å². The lowest BCUT2D eigenvalue weighted by atomic mass is 10.0. The van der Waals surface area contributed by atoms with Crippen molar-refractivity contribution < 1.29 is 9.53 Å². The Labute approximate surface area is 187 Å². The summed E-state index contributed by atoms with van der Waals surface area (Å²) in [5.41, 5.74) is 1.66. The topological polar surface area (TPSA) is 78.0 Å². The van der Waals surface area contributed by atoms with Crippen molar-refractivity contribution in [1.82, 2.24) is 20.9 Å². The van der Waals surface area contributed by atoms with E-state index in [4.69, 9.17) is 4.74 Å². The van der Waals surface area contributed by atoms with Gasteiger partial charge in [-0.05, 0) is 46.1 Å². The van der Waals surface area contributed by atoms with E-state index >= 15 is 0 Å². The van der Waals surface area contributed by atoms with Crippen LogP contribution in [0.5, 0.6) is 0 Å². The Balaban J connectivity index is 1.91. The molecule has 1 aliphatic rings. The first-order chi connectivity index (χ1) is 14.7. The molecular formula is C24H39N5O2. The van der Waals surface area contributed by atoms with Crippen LogP contribution in [-0.2, 0) is 4.74 Å². The zero-order chi connectivity index (χ0) is 22.9. The van der Waals surface area contributed by atoms with Crippen LogP contribution >= 0.6 is 0 Å². The summed E-state index contributed by atoms with van der Waals surface area (Å²) < 4.78 is 5.45. The molecule has 7 heteroatoms. The van der Waals surface area contributed by atoms with Gasteiger partial charge in [0.25, 0.3) is 0 Å². The maximum absolute atomic E-state index is 12.4. The lowest BCUT2D eigenvalue weighted by Gasteiger charge is -2.33. The summed E-state index contributed by atoms with van der Waals surface area (Å²) >= 11 is 0. The van der Waals surface area contributed by atoms with Gasteiger partial charge >= 0.3 is 6.09 Å². The zero-order valence-corrected chi connectivity index (χ0v) is 19.7. The maximum Gasteiger partial charge on any atom is 0.408 e. The van der Waals surface area contributed by atoms with Gasteiger partial charge in [-0.2, -0.15) is 0 Å². The molecule has 1 heterocycles. The van der Waals surface area contributed by atoms with E-state index < -0.39 is 11.7 Å². The first-order valence-corrected chi connectivity index (χ1v) is 11.0. The molecule has 0 bridgehead atoms. The molecule has 1 fully saturated rings. The number of likely N-dealkylation sites (tertiary alicyclic amines) is 1. The Kier molecular flexibility index (Phi) is 9.37. The quantitative estimate of drug-likeness (QED) is 0.352. The molecule has 31 heavy (non-hydrogen) atoms. The number of piperidine rings is 1. The summed E-state index contributed by atoms with van der Waals surface area (Å²) in [5, 5.41) is 9.87. The summed E-state index contributed by atoms with van der Waals surface area (Å²) in [6, 6.07) is 10.0. The third-order valence-electron chi connectivity index (χ3n) is 5.01. The molecule has 0 radical (unpaired) electrons. The smallest absolute Gasteiger partial charge is 0.408 e. The molecule has 1 saturated heterocycles. The van der Waals surface area contributed by atoms with Crippen molar-refractivity contribution in [2.75, 3.05) is 33.2 Å². The molecular weight excluding hydrogens is 390 g/mol. The third-order valence-corrected chi connectivity index (χ3v) is 5.01. The van der Waals surface area contributed by atoms with E-state index in [1.165, 1.54) is 5.57 Å². The van der Waals surface area contributed by atoms with E-state index in [2.05, 4.69) is 39.3 Å². The molecule has 7 nitrogen and oxygen atoms in total. The number of ether oxygens (including phenoxy) is 1. The molecule has 1 aromatic carbocycles. The number of aliphatic imine (C=N–C) groups is 1. The number of amides is 1. The minimum atomic E-state index is -0.546. The lowest BCUT2D eigenvalue weighted by Crippen LogP contribution is -2.50. The second-order valence-corrected chi connectivity index (χ2v) is 9.21.